The second kappa shape index (κ2) is 6.39. The summed E-state index contributed by atoms with van der Waals surface area (Å²) in [7, 11) is 0. The summed E-state index contributed by atoms with van der Waals surface area (Å²) in [5, 5.41) is 2.85. The average Bonchev–Trinajstić information content (AvgIpc) is 2.44. The highest BCUT2D eigenvalue weighted by Crippen LogP contribution is 2.18. The lowest BCUT2D eigenvalue weighted by Gasteiger charge is -2.09. The smallest absolute Gasteiger partial charge is 0.251 e. The molecule has 4 heteroatoms. The highest BCUT2D eigenvalue weighted by Gasteiger charge is 2.08. The van der Waals surface area contributed by atoms with Crippen LogP contribution in [0.25, 0.3) is 0 Å². The summed E-state index contributed by atoms with van der Waals surface area (Å²) < 4.78 is 14.5. The summed E-state index contributed by atoms with van der Waals surface area (Å²) in [6.07, 6.45) is 0. The van der Waals surface area contributed by atoms with Crippen molar-refractivity contribution in [1.29, 1.82) is 0 Å². The van der Waals surface area contributed by atoms with E-state index in [9.17, 15) is 9.18 Å². The molecule has 0 heterocycles. The fourth-order valence-corrected chi connectivity index (χ4v) is 2.53. The number of rotatable bonds is 3. The number of aryl methyl sites for hydroxylation is 3. The van der Waals surface area contributed by atoms with Gasteiger partial charge in [0.1, 0.15) is 5.82 Å². The van der Waals surface area contributed by atoms with Crippen molar-refractivity contribution in [3.05, 3.63) is 68.4 Å². The highest BCUT2D eigenvalue weighted by molar-refractivity contribution is 9.10. The summed E-state index contributed by atoms with van der Waals surface area (Å²) in [4.78, 5) is 12.1. The summed E-state index contributed by atoms with van der Waals surface area (Å²) >= 11 is 3.42. The minimum Gasteiger partial charge on any atom is -0.348 e. The van der Waals surface area contributed by atoms with E-state index in [1.807, 2.05) is 13.0 Å². The van der Waals surface area contributed by atoms with Gasteiger partial charge in [-0.25, -0.2) is 4.39 Å². The SMILES string of the molecule is Cc1ccc(C(=O)NCc2cc(C)c(F)c(C)c2)cc1Br. The monoisotopic (exact) mass is 349 g/mol. The standard InChI is InChI=1S/C17H17BrFNO/c1-10-4-5-14(8-15(10)18)17(21)20-9-13-6-11(2)16(19)12(3)7-13/h4-8H,9H2,1-3H3,(H,20,21). The molecule has 0 aromatic heterocycles. The van der Waals surface area contributed by atoms with E-state index in [-0.39, 0.29) is 11.7 Å². The van der Waals surface area contributed by atoms with Gasteiger partial charge in [-0.15, -0.1) is 0 Å². The van der Waals surface area contributed by atoms with Crippen LogP contribution in [0.2, 0.25) is 0 Å². The highest BCUT2D eigenvalue weighted by atomic mass is 79.9. The van der Waals surface area contributed by atoms with Crippen LogP contribution in [-0.4, -0.2) is 5.91 Å². The lowest BCUT2D eigenvalue weighted by Crippen LogP contribution is -2.23. The molecule has 0 aliphatic rings. The number of nitrogens with one attached hydrogen (secondary N) is 1. The van der Waals surface area contributed by atoms with Gasteiger partial charge < -0.3 is 5.32 Å². The largest absolute Gasteiger partial charge is 0.348 e. The van der Waals surface area contributed by atoms with Crippen LogP contribution in [0.4, 0.5) is 4.39 Å². The number of hydrogen-bond donors (Lipinski definition) is 1. The van der Waals surface area contributed by atoms with Crippen LogP contribution < -0.4 is 5.32 Å². The molecule has 2 aromatic rings. The second-order valence-electron chi connectivity index (χ2n) is 5.19. The Morgan fingerprint density at radius 1 is 1.10 bits per heavy atom. The van der Waals surface area contributed by atoms with Gasteiger partial charge in [0.2, 0.25) is 0 Å². The number of halogens is 2. The van der Waals surface area contributed by atoms with Crippen molar-refractivity contribution < 1.29 is 9.18 Å². The molecule has 110 valence electrons. The Bertz CT molecular complexity index is 674. The van der Waals surface area contributed by atoms with E-state index < -0.39 is 0 Å². The molecule has 1 N–H and O–H groups in total. The molecule has 2 aromatic carbocycles. The Balaban J connectivity index is 2.09. The molecular weight excluding hydrogens is 333 g/mol. The van der Waals surface area contributed by atoms with Crippen LogP contribution in [0.3, 0.4) is 0 Å². The fraction of sp³-hybridized carbons (Fsp3) is 0.235. The first-order valence-electron chi connectivity index (χ1n) is 6.68. The van der Waals surface area contributed by atoms with E-state index in [0.29, 0.717) is 23.2 Å². The number of carbonyl (C=O) groups is 1. The van der Waals surface area contributed by atoms with E-state index in [1.165, 1.54) is 0 Å². The maximum atomic E-state index is 13.6. The minimum absolute atomic E-state index is 0.143. The molecule has 2 rings (SSSR count). The van der Waals surface area contributed by atoms with Crippen molar-refractivity contribution in [3.63, 3.8) is 0 Å². The second-order valence-corrected chi connectivity index (χ2v) is 6.04. The maximum absolute atomic E-state index is 13.6. The molecule has 0 saturated carbocycles. The molecule has 0 bridgehead atoms. The molecule has 0 aliphatic heterocycles. The van der Waals surface area contributed by atoms with E-state index in [4.69, 9.17) is 0 Å². The van der Waals surface area contributed by atoms with E-state index in [0.717, 1.165) is 15.6 Å². The van der Waals surface area contributed by atoms with Gasteiger partial charge in [0.05, 0.1) is 0 Å². The van der Waals surface area contributed by atoms with Crippen molar-refractivity contribution in [3.8, 4) is 0 Å². The third-order valence-electron chi connectivity index (χ3n) is 3.38. The molecule has 0 fully saturated rings. The zero-order valence-electron chi connectivity index (χ0n) is 12.3. The Labute approximate surface area is 132 Å². The van der Waals surface area contributed by atoms with Crippen molar-refractivity contribution in [2.24, 2.45) is 0 Å². The third kappa shape index (κ3) is 3.70. The Hall–Kier alpha value is -1.68. The van der Waals surface area contributed by atoms with Gasteiger partial charge in [-0.1, -0.05) is 34.1 Å². The van der Waals surface area contributed by atoms with E-state index in [1.54, 1.807) is 38.1 Å². The lowest BCUT2D eigenvalue weighted by molar-refractivity contribution is 0.0951. The van der Waals surface area contributed by atoms with Gasteiger partial charge in [0, 0.05) is 16.6 Å². The molecule has 0 unspecified atom stereocenters. The first-order chi connectivity index (χ1) is 9.88. The molecule has 1 amide bonds. The summed E-state index contributed by atoms with van der Waals surface area (Å²) in [6.45, 7) is 5.80. The fourth-order valence-electron chi connectivity index (χ4n) is 2.16. The molecule has 0 aliphatic carbocycles. The van der Waals surface area contributed by atoms with Crippen LogP contribution >= 0.6 is 15.9 Å². The third-order valence-corrected chi connectivity index (χ3v) is 4.24. The molecule has 21 heavy (non-hydrogen) atoms. The summed E-state index contributed by atoms with van der Waals surface area (Å²) in [6, 6.07) is 8.99. The van der Waals surface area contributed by atoms with Crippen molar-refractivity contribution in [2.45, 2.75) is 27.3 Å². The van der Waals surface area contributed by atoms with E-state index in [2.05, 4.69) is 21.2 Å². The number of carbonyl (C=O) groups excluding carboxylic acids is 1. The predicted octanol–water partition coefficient (Wildman–Crippen LogP) is 4.44. The first kappa shape index (κ1) is 15.7. The topological polar surface area (TPSA) is 29.1 Å². The first-order valence-corrected chi connectivity index (χ1v) is 7.47. The quantitative estimate of drug-likeness (QED) is 0.871. The molecule has 2 nitrogen and oxygen atoms in total. The summed E-state index contributed by atoms with van der Waals surface area (Å²) in [5.74, 6) is -0.331. The zero-order chi connectivity index (χ0) is 15.6. The van der Waals surface area contributed by atoms with Gasteiger partial charge >= 0.3 is 0 Å². The minimum atomic E-state index is -0.187. The molecule has 0 radical (unpaired) electrons. The number of amides is 1. The van der Waals surface area contributed by atoms with Gasteiger partial charge in [-0.3, -0.25) is 4.79 Å². The van der Waals surface area contributed by atoms with Crippen LogP contribution in [-0.2, 0) is 6.54 Å². The van der Waals surface area contributed by atoms with Gasteiger partial charge in [-0.05, 0) is 55.2 Å². The maximum Gasteiger partial charge on any atom is 0.251 e. The van der Waals surface area contributed by atoms with Crippen molar-refractivity contribution in [2.75, 3.05) is 0 Å². The van der Waals surface area contributed by atoms with Crippen LogP contribution in [0.5, 0.6) is 0 Å². The predicted molar refractivity (Wildman–Crippen MR) is 85.9 cm³/mol. The Kier molecular flexibility index (Phi) is 4.78. The van der Waals surface area contributed by atoms with Gasteiger partial charge in [-0.2, -0.15) is 0 Å². The van der Waals surface area contributed by atoms with Crippen LogP contribution in [0, 0.1) is 26.6 Å². The van der Waals surface area contributed by atoms with Gasteiger partial charge in [0.25, 0.3) is 5.91 Å². The van der Waals surface area contributed by atoms with Crippen LogP contribution in [0.1, 0.15) is 32.6 Å². The molecule has 0 spiro atoms. The summed E-state index contributed by atoms with van der Waals surface area (Å²) in [5.41, 5.74) is 3.76. The number of hydrogen-bond acceptors (Lipinski definition) is 1. The lowest BCUT2D eigenvalue weighted by atomic mass is 10.1. The van der Waals surface area contributed by atoms with E-state index >= 15 is 0 Å². The Morgan fingerprint density at radius 2 is 1.71 bits per heavy atom. The Morgan fingerprint density at radius 3 is 2.29 bits per heavy atom. The number of benzene rings is 2. The van der Waals surface area contributed by atoms with Gasteiger partial charge in [0.15, 0.2) is 0 Å². The van der Waals surface area contributed by atoms with Crippen LogP contribution in [0.15, 0.2) is 34.8 Å². The molecule has 0 saturated heterocycles. The van der Waals surface area contributed by atoms with Crippen molar-refractivity contribution in [1.82, 2.24) is 5.32 Å². The zero-order valence-corrected chi connectivity index (χ0v) is 13.8. The van der Waals surface area contributed by atoms with Crippen molar-refractivity contribution >= 4 is 21.8 Å². The average molecular weight is 350 g/mol. The normalized spacial score (nSPS) is 10.5. The molecule has 0 atom stereocenters. The molecular formula is C17H17BrFNO.